The summed E-state index contributed by atoms with van der Waals surface area (Å²) in [6, 6.07) is 11.0. The molecule has 8 heteroatoms. The first kappa shape index (κ1) is 20.4. The summed E-state index contributed by atoms with van der Waals surface area (Å²) in [6.45, 7) is 3.97. The van der Waals surface area contributed by atoms with Gasteiger partial charge in [-0.3, -0.25) is 14.5 Å². The molecule has 0 aliphatic carbocycles. The molecule has 1 fully saturated rings. The molecule has 0 radical (unpaired) electrons. The van der Waals surface area contributed by atoms with Gasteiger partial charge in [0.05, 0.1) is 19.9 Å². The quantitative estimate of drug-likeness (QED) is 0.739. The van der Waals surface area contributed by atoms with E-state index in [0.29, 0.717) is 43.4 Å². The normalized spacial score (nSPS) is 13.8. The number of amides is 2. The standard InChI is InChI=1S/C21H26N4O4/c1-16(26)25(18-8-7-17(28-2)14-19(18)29-3)15-21(27)24-12-10-23(11-13-24)20-6-4-5-9-22-20/h4-9,14H,10-13,15H2,1-3H3. The zero-order valence-corrected chi connectivity index (χ0v) is 17.0. The summed E-state index contributed by atoms with van der Waals surface area (Å²) >= 11 is 0. The number of nitrogens with zero attached hydrogens (tertiary/aromatic N) is 4. The molecule has 2 amide bonds. The lowest BCUT2D eigenvalue weighted by atomic mass is 10.2. The van der Waals surface area contributed by atoms with Gasteiger partial charge < -0.3 is 19.3 Å². The second kappa shape index (κ2) is 9.27. The maximum atomic E-state index is 12.9. The summed E-state index contributed by atoms with van der Waals surface area (Å²) in [5.41, 5.74) is 0.543. The van der Waals surface area contributed by atoms with Crippen molar-refractivity contribution in [1.29, 1.82) is 0 Å². The number of hydrogen-bond donors (Lipinski definition) is 0. The zero-order chi connectivity index (χ0) is 20.8. The van der Waals surface area contributed by atoms with Gasteiger partial charge in [0.15, 0.2) is 0 Å². The Morgan fingerprint density at radius 3 is 2.41 bits per heavy atom. The van der Waals surface area contributed by atoms with Crippen molar-refractivity contribution in [2.24, 2.45) is 0 Å². The van der Waals surface area contributed by atoms with Gasteiger partial charge in [-0.25, -0.2) is 4.98 Å². The van der Waals surface area contributed by atoms with E-state index in [1.165, 1.54) is 18.9 Å². The highest BCUT2D eigenvalue weighted by Gasteiger charge is 2.26. The number of rotatable bonds is 6. The molecule has 1 aromatic carbocycles. The van der Waals surface area contributed by atoms with E-state index in [1.54, 1.807) is 36.4 Å². The Morgan fingerprint density at radius 1 is 1.07 bits per heavy atom. The molecule has 154 valence electrons. The third-order valence-electron chi connectivity index (χ3n) is 4.96. The lowest BCUT2D eigenvalue weighted by molar-refractivity contribution is -0.131. The van der Waals surface area contributed by atoms with Gasteiger partial charge in [-0.05, 0) is 24.3 Å². The molecule has 0 spiro atoms. The van der Waals surface area contributed by atoms with Crippen molar-refractivity contribution in [3.05, 3.63) is 42.6 Å². The predicted molar refractivity (Wildman–Crippen MR) is 111 cm³/mol. The van der Waals surface area contributed by atoms with Crippen LogP contribution >= 0.6 is 0 Å². The molecule has 3 rings (SSSR count). The Bertz CT molecular complexity index is 851. The minimum absolute atomic E-state index is 0.0401. The fraction of sp³-hybridized carbons (Fsp3) is 0.381. The Balaban J connectivity index is 1.67. The van der Waals surface area contributed by atoms with Crippen molar-refractivity contribution in [2.75, 3.05) is 56.7 Å². The van der Waals surface area contributed by atoms with Gasteiger partial charge in [-0.1, -0.05) is 6.07 Å². The van der Waals surface area contributed by atoms with Crippen LogP contribution in [0.5, 0.6) is 11.5 Å². The van der Waals surface area contributed by atoms with Crippen molar-refractivity contribution < 1.29 is 19.1 Å². The van der Waals surface area contributed by atoms with Crippen LogP contribution in [0.25, 0.3) is 0 Å². The van der Waals surface area contributed by atoms with Crippen LogP contribution in [0.4, 0.5) is 11.5 Å². The Hall–Kier alpha value is -3.29. The number of piperazine rings is 1. The summed E-state index contributed by atoms with van der Waals surface area (Å²) in [5.74, 6) is 1.68. The lowest BCUT2D eigenvalue weighted by Gasteiger charge is -2.36. The number of pyridine rings is 1. The minimum Gasteiger partial charge on any atom is -0.497 e. The lowest BCUT2D eigenvalue weighted by Crippen LogP contribution is -2.52. The number of aromatic nitrogens is 1. The SMILES string of the molecule is COc1ccc(N(CC(=O)N2CCN(c3ccccn3)CC2)C(C)=O)c(OC)c1. The summed E-state index contributed by atoms with van der Waals surface area (Å²) in [6.07, 6.45) is 1.76. The van der Waals surface area contributed by atoms with E-state index in [-0.39, 0.29) is 18.4 Å². The van der Waals surface area contributed by atoms with Crippen molar-refractivity contribution in [2.45, 2.75) is 6.92 Å². The Morgan fingerprint density at radius 2 is 1.83 bits per heavy atom. The van der Waals surface area contributed by atoms with Crippen LogP contribution < -0.4 is 19.3 Å². The smallest absolute Gasteiger partial charge is 0.242 e. The molecule has 0 bridgehead atoms. The summed E-state index contributed by atoms with van der Waals surface area (Å²) in [7, 11) is 3.08. The molecule has 8 nitrogen and oxygen atoms in total. The van der Waals surface area contributed by atoms with Crippen LogP contribution in [0.2, 0.25) is 0 Å². The van der Waals surface area contributed by atoms with Crippen LogP contribution in [0.15, 0.2) is 42.6 Å². The zero-order valence-electron chi connectivity index (χ0n) is 17.0. The number of methoxy groups -OCH3 is 2. The average molecular weight is 398 g/mol. The number of ether oxygens (including phenoxy) is 2. The maximum absolute atomic E-state index is 12.9. The Kier molecular flexibility index (Phi) is 6.54. The molecule has 2 aromatic rings. The van der Waals surface area contributed by atoms with Crippen LogP contribution in [0.1, 0.15) is 6.92 Å². The van der Waals surface area contributed by atoms with E-state index in [4.69, 9.17) is 9.47 Å². The first-order valence-corrected chi connectivity index (χ1v) is 9.47. The van der Waals surface area contributed by atoms with Crippen LogP contribution in [-0.4, -0.2) is 68.6 Å². The number of carbonyl (C=O) groups excluding carboxylic acids is 2. The number of benzene rings is 1. The van der Waals surface area contributed by atoms with Crippen LogP contribution in [0.3, 0.4) is 0 Å². The van der Waals surface area contributed by atoms with Gasteiger partial charge in [0.2, 0.25) is 11.8 Å². The molecule has 1 aliphatic heterocycles. The monoisotopic (exact) mass is 398 g/mol. The second-order valence-corrected chi connectivity index (χ2v) is 6.70. The molecule has 0 atom stereocenters. The van der Waals surface area contributed by atoms with Crippen LogP contribution in [-0.2, 0) is 9.59 Å². The molecule has 1 aliphatic rings. The second-order valence-electron chi connectivity index (χ2n) is 6.70. The molecule has 0 saturated carbocycles. The van der Waals surface area contributed by atoms with Crippen molar-refractivity contribution in [1.82, 2.24) is 9.88 Å². The van der Waals surface area contributed by atoms with Gasteiger partial charge in [0.1, 0.15) is 23.9 Å². The molecule has 0 unspecified atom stereocenters. The summed E-state index contributed by atoms with van der Waals surface area (Å²) in [5, 5.41) is 0. The van der Waals surface area contributed by atoms with Crippen LogP contribution in [0, 0.1) is 0 Å². The molecular weight excluding hydrogens is 372 g/mol. The summed E-state index contributed by atoms with van der Waals surface area (Å²) in [4.78, 5) is 34.9. The third-order valence-corrected chi connectivity index (χ3v) is 4.96. The van der Waals surface area contributed by atoms with E-state index in [0.717, 1.165) is 5.82 Å². The number of hydrogen-bond acceptors (Lipinski definition) is 6. The Labute approximate surface area is 170 Å². The minimum atomic E-state index is -0.228. The number of carbonyl (C=O) groups is 2. The average Bonchev–Trinajstić information content (AvgIpc) is 2.77. The van der Waals surface area contributed by atoms with Gasteiger partial charge >= 0.3 is 0 Å². The largest absolute Gasteiger partial charge is 0.497 e. The van der Waals surface area contributed by atoms with E-state index < -0.39 is 0 Å². The fourth-order valence-electron chi connectivity index (χ4n) is 3.34. The molecule has 2 heterocycles. The van der Waals surface area contributed by atoms with E-state index >= 15 is 0 Å². The number of anilines is 2. The van der Waals surface area contributed by atoms with Crippen molar-refractivity contribution >= 4 is 23.3 Å². The van der Waals surface area contributed by atoms with Gasteiger partial charge in [0.25, 0.3) is 0 Å². The molecule has 29 heavy (non-hydrogen) atoms. The van der Waals surface area contributed by atoms with E-state index in [1.807, 2.05) is 18.2 Å². The topological polar surface area (TPSA) is 75.2 Å². The van der Waals surface area contributed by atoms with Crippen molar-refractivity contribution in [3.8, 4) is 11.5 Å². The molecule has 1 saturated heterocycles. The van der Waals surface area contributed by atoms with Gasteiger partial charge in [-0.2, -0.15) is 0 Å². The highest BCUT2D eigenvalue weighted by molar-refractivity contribution is 5.98. The predicted octanol–water partition coefficient (Wildman–Crippen LogP) is 1.80. The summed E-state index contributed by atoms with van der Waals surface area (Å²) < 4.78 is 10.6. The third kappa shape index (κ3) is 4.77. The molecule has 0 N–H and O–H groups in total. The van der Waals surface area contributed by atoms with Crippen molar-refractivity contribution in [3.63, 3.8) is 0 Å². The van der Waals surface area contributed by atoms with E-state index in [2.05, 4.69) is 9.88 Å². The molecule has 1 aromatic heterocycles. The highest BCUT2D eigenvalue weighted by Crippen LogP contribution is 2.32. The maximum Gasteiger partial charge on any atom is 0.242 e. The fourth-order valence-corrected chi connectivity index (χ4v) is 3.34. The van der Waals surface area contributed by atoms with E-state index in [9.17, 15) is 9.59 Å². The first-order chi connectivity index (χ1) is 14.0. The first-order valence-electron chi connectivity index (χ1n) is 9.47. The molecular formula is C21H26N4O4. The van der Waals surface area contributed by atoms with Gasteiger partial charge in [0, 0.05) is 45.4 Å². The van der Waals surface area contributed by atoms with Gasteiger partial charge in [-0.15, -0.1) is 0 Å². The highest BCUT2D eigenvalue weighted by atomic mass is 16.5.